The Labute approximate surface area is 105 Å². The smallest absolute Gasteiger partial charge is 0.258 e. The highest BCUT2D eigenvalue weighted by atomic mass is 79.9. The van der Waals surface area contributed by atoms with Crippen LogP contribution in [0.4, 0.5) is 5.82 Å². The largest absolute Gasteiger partial charge is 0.328 e. The van der Waals surface area contributed by atoms with Crippen molar-refractivity contribution in [2.45, 2.75) is 0 Å². The van der Waals surface area contributed by atoms with E-state index in [0.29, 0.717) is 11.4 Å². The normalized spacial score (nSPS) is 9.94. The van der Waals surface area contributed by atoms with Crippen LogP contribution >= 0.6 is 15.9 Å². The Hall–Kier alpha value is -1.95. The molecule has 2 N–H and O–H groups in total. The van der Waals surface area contributed by atoms with E-state index in [2.05, 4.69) is 31.2 Å². The number of nitrogens with one attached hydrogen (secondary N) is 2. The van der Waals surface area contributed by atoms with Gasteiger partial charge in [0.1, 0.15) is 5.82 Å². The number of amides is 1. The molecule has 0 radical (unpaired) electrons. The van der Waals surface area contributed by atoms with Gasteiger partial charge in [-0.2, -0.15) is 0 Å². The first-order chi connectivity index (χ1) is 8.15. The summed E-state index contributed by atoms with van der Waals surface area (Å²) >= 11 is 3.28. The van der Waals surface area contributed by atoms with Crippen molar-refractivity contribution in [3.8, 4) is 0 Å². The average Bonchev–Trinajstić information content (AvgIpc) is 2.29. The predicted molar refractivity (Wildman–Crippen MR) is 67.0 cm³/mol. The van der Waals surface area contributed by atoms with E-state index in [9.17, 15) is 9.59 Å². The molecule has 2 aromatic heterocycles. The first kappa shape index (κ1) is 11.5. The Morgan fingerprint density at radius 1 is 1.35 bits per heavy atom. The second kappa shape index (κ2) is 4.92. The summed E-state index contributed by atoms with van der Waals surface area (Å²) in [5.41, 5.74) is 0.119. The summed E-state index contributed by atoms with van der Waals surface area (Å²) in [7, 11) is 0. The number of H-pyrrole nitrogens is 1. The minimum atomic E-state index is -0.327. The molecule has 0 aromatic carbocycles. The SMILES string of the molecule is O=C(Nc1cc(Br)ccn1)c1ccc(=O)[nH]c1. The quantitative estimate of drug-likeness (QED) is 0.886. The number of pyridine rings is 2. The monoisotopic (exact) mass is 293 g/mol. The summed E-state index contributed by atoms with van der Waals surface area (Å²) in [6.07, 6.45) is 2.93. The van der Waals surface area contributed by atoms with Gasteiger partial charge < -0.3 is 10.3 Å². The van der Waals surface area contributed by atoms with Gasteiger partial charge in [-0.15, -0.1) is 0 Å². The van der Waals surface area contributed by atoms with Gasteiger partial charge in [0, 0.05) is 22.9 Å². The molecule has 5 nitrogen and oxygen atoms in total. The second-order valence-corrected chi connectivity index (χ2v) is 4.17. The maximum Gasteiger partial charge on any atom is 0.258 e. The third-order valence-electron chi connectivity index (χ3n) is 2.01. The summed E-state index contributed by atoms with van der Waals surface area (Å²) in [6, 6.07) is 6.19. The molecular weight excluding hydrogens is 286 g/mol. The molecule has 0 unspecified atom stereocenters. The van der Waals surface area contributed by atoms with Gasteiger partial charge in [0.2, 0.25) is 5.56 Å². The molecule has 2 rings (SSSR count). The number of aromatic nitrogens is 2. The van der Waals surface area contributed by atoms with Crippen LogP contribution < -0.4 is 10.9 Å². The fourth-order valence-electron chi connectivity index (χ4n) is 1.21. The van der Waals surface area contributed by atoms with Crippen LogP contribution in [0.5, 0.6) is 0 Å². The van der Waals surface area contributed by atoms with Crippen LogP contribution in [0, 0.1) is 0 Å². The average molecular weight is 294 g/mol. The van der Waals surface area contributed by atoms with Crippen LogP contribution in [0.3, 0.4) is 0 Å². The Morgan fingerprint density at radius 2 is 2.18 bits per heavy atom. The summed E-state index contributed by atoms with van der Waals surface area (Å²) in [4.78, 5) is 29.0. The maximum absolute atomic E-state index is 11.7. The molecule has 0 saturated heterocycles. The van der Waals surface area contributed by atoms with Crippen molar-refractivity contribution in [1.29, 1.82) is 0 Å². The van der Waals surface area contributed by atoms with Crippen LogP contribution in [0.1, 0.15) is 10.4 Å². The number of rotatable bonds is 2. The van der Waals surface area contributed by atoms with Crippen molar-refractivity contribution >= 4 is 27.7 Å². The summed E-state index contributed by atoms with van der Waals surface area (Å²) < 4.78 is 0.823. The fraction of sp³-hybridized carbons (Fsp3) is 0. The van der Waals surface area contributed by atoms with Crippen molar-refractivity contribution < 1.29 is 4.79 Å². The van der Waals surface area contributed by atoms with Crippen molar-refractivity contribution in [3.05, 3.63) is 57.0 Å². The third kappa shape index (κ3) is 3.01. The zero-order valence-electron chi connectivity index (χ0n) is 8.61. The zero-order chi connectivity index (χ0) is 12.3. The first-order valence-electron chi connectivity index (χ1n) is 4.77. The molecule has 0 aliphatic carbocycles. The van der Waals surface area contributed by atoms with Gasteiger partial charge >= 0.3 is 0 Å². The Bertz CT molecular complexity index is 589. The number of carbonyl (C=O) groups excluding carboxylic acids is 1. The Kier molecular flexibility index (Phi) is 3.34. The molecule has 0 fully saturated rings. The third-order valence-corrected chi connectivity index (χ3v) is 2.50. The van der Waals surface area contributed by atoms with Gasteiger partial charge in [0.25, 0.3) is 5.91 Å². The lowest BCUT2D eigenvalue weighted by atomic mass is 10.2. The molecule has 0 atom stereocenters. The molecule has 0 spiro atoms. The van der Waals surface area contributed by atoms with E-state index in [0.717, 1.165) is 4.47 Å². The number of aromatic amines is 1. The van der Waals surface area contributed by atoms with E-state index in [1.165, 1.54) is 18.3 Å². The van der Waals surface area contributed by atoms with Crippen molar-refractivity contribution in [2.75, 3.05) is 5.32 Å². The Balaban J connectivity index is 2.17. The van der Waals surface area contributed by atoms with E-state index in [4.69, 9.17) is 0 Å². The highest BCUT2D eigenvalue weighted by Crippen LogP contribution is 2.13. The summed E-state index contributed by atoms with van der Waals surface area (Å²) in [6.45, 7) is 0. The lowest BCUT2D eigenvalue weighted by molar-refractivity contribution is 0.102. The topological polar surface area (TPSA) is 74.8 Å². The van der Waals surface area contributed by atoms with Crippen molar-refractivity contribution in [1.82, 2.24) is 9.97 Å². The molecule has 6 heteroatoms. The highest BCUT2D eigenvalue weighted by Gasteiger charge is 2.06. The van der Waals surface area contributed by atoms with Crippen LogP contribution in [0.2, 0.25) is 0 Å². The maximum atomic E-state index is 11.7. The van der Waals surface area contributed by atoms with E-state index >= 15 is 0 Å². The van der Waals surface area contributed by atoms with Crippen molar-refractivity contribution in [3.63, 3.8) is 0 Å². The van der Waals surface area contributed by atoms with E-state index in [1.54, 1.807) is 18.3 Å². The molecule has 86 valence electrons. The first-order valence-corrected chi connectivity index (χ1v) is 5.56. The van der Waals surface area contributed by atoms with Crippen molar-refractivity contribution in [2.24, 2.45) is 0 Å². The fourth-order valence-corrected chi connectivity index (χ4v) is 1.55. The van der Waals surface area contributed by atoms with Crippen LogP contribution in [0.25, 0.3) is 0 Å². The van der Waals surface area contributed by atoms with Gasteiger partial charge in [0.15, 0.2) is 0 Å². The van der Waals surface area contributed by atoms with Crippen LogP contribution in [0.15, 0.2) is 45.9 Å². The van der Waals surface area contributed by atoms with E-state index in [-0.39, 0.29) is 11.5 Å². The molecule has 0 aliphatic heterocycles. The standard InChI is InChI=1S/C11H8BrN3O2/c12-8-3-4-13-9(5-8)15-11(17)7-1-2-10(16)14-6-7/h1-6H,(H,14,16)(H,13,15,17). The minimum Gasteiger partial charge on any atom is -0.328 e. The van der Waals surface area contributed by atoms with Gasteiger partial charge in [-0.3, -0.25) is 9.59 Å². The molecule has 2 aromatic rings. The molecule has 17 heavy (non-hydrogen) atoms. The van der Waals surface area contributed by atoms with E-state index < -0.39 is 0 Å². The number of nitrogens with zero attached hydrogens (tertiary/aromatic N) is 1. The minimum absolute atomic E-state index is 0.248. The van der Waals surface area contributed by atoms with Gasteiger partial charge in [-0.05, 0) is 18.2 Å². The summed E-state index contributed by atoms with van der Waals surface area (Å²) in [5.74, 6) is 0.113. The molecular formula is C11H8BrN3O2. The lowest BCUT2D eigenvalue weighted by Crippen LogP contribution is -2.15. The lowest BCUT2D eigenvalue weighted by Gasteiger charge is -2.03. The molecule has 0 aliphatic rings. The van der Waals surface area contributed by atoms with Gasteiger partial charge in [0.05, 0.1) is 5.56 Å². The number of carbonyl (C=O) groups is 1. The number of hydrogen-bond donors (Lipinski definition) is 2. The van der Waals surface area contributed by atoms with Crippen LogP contribution in [-0.4, -0.2) is 15.9 Å². The number of hydrogen-bond acceptors (Lipinski definition) is 3. The molecule has 0 saturated carbocycles. The van der Waals surface area contributed by atoms with Crippen LogP contribution in [-0.2, 0) is 0 Å². The van der Waals surface area contributed by atoms with E-state index in [1.807, 2.05) is 0 Å². The Morgan fingerprint density at radius 3 is 2.82 bits per heavy atom. The number of halogens is 1. The van der Waals surface area contributed by atoms with Gasteiger partial charge in [-0.25, -0.2) is 4.98 Å². The predicted octanol–water partition coefficient (Wildman–Crippen LogP) is 1.78. The molecule has 0 bridgehead atoms. The van der Waals surface area contributed by atoms with Gasteiger partial charge in [-0.1, -0.05) is 15.9 Å². The zero-order valence-corrected chi connectivity index (χ0v) is 10.2. The second-order valence-electron chi connectivity index (χ2n) is 3.26. The summed E-state index contributed by atoms with van der Waals surface area (Å²) in [5, 5.41) is 2.62. The molecule has 1 amide bonds. The highest BCUT2D eigenvalue weighted by molar-refractivity contribution is 9.10. The number of anilines is 1. The molecule has 2 heterocycles.